The first-order valence-electron chi connectivity index (χ1n) is 6.05. The Morgan fingerprint density at radius 1 is 1.61 bits per heavy atom. The van der Waals surface area contributed by atoms with E-state index < -0.39 is 6.10 Å². The standard InChI is InChI=1S/C12H22N4O2/c1-15(2)9-11(17)8-13-12(18)5-4-10-6-7-14-16(10)3/h6-7,11,17H,4-5,8-9H2,1-3H3,(H,13,18)/t11-/m1/s1. The van der Waals surface area contributed by atoms with Gasteiger partial charge in [0.05, 0.1) is 6.10 Å². The number of aryl methyl sites for hydroxylation is 2. The molecule has 0 aliphatic carbocycles. The van der Waals surface area contributed by atoms with Crippen LogP contribution in [0, 0.1) is 0 Å². The zero-order valence-corrected chi connectivity index (χ0v) is 11.3. The number of carbonyl (C=O) groups excluding carboxylic acids is 1. The van der Waals surface area contributed by atoms with Crippen LogP contribution in [0.1, 0.15) is 12.1 Å². The maximum atomic E-state index is 11.6. The summed E-state index contributed by atoms with van der Waals surface area (Å²) in [5.41, 5.74) is 1.03. The molecule has 2 N–H and O–H groups in total. The van der Waals surface area contributed by atoms with E-state index in [0.717, 1.165) is 5.69 Å². The highest BCUT2D eigenvalue weighted by Crippen LogP contribution is 2.00. The zero-order valence-electron chi connectivity index (χ0n) is 11.3. The Morgan fingerprint density at radius 2 is 2.33 bits per heavy atom. The van der Waals surface area contributed by atoms with Gasteiger partial charge < -0.3 is 15.3 Å². The fourth-order valence-electron chi connectivity index (χ4n) is 1.69. The van der Waals surface area contributed by atoms with Gasteiger partial charge in [0.15, 0.2) is 0 Å². The Labute approximate surface area is 108 Å². The Morgan fingerprint density at radius 3 is 2.89 bits per heavy atom. The van der Waals surface area contributed by atoms with E-state index in [1.54, 1.807) is 10.9 Å². The van der Waals surface area contributed by atoms with E-state index in [9.17, 15) is 9.90 Å². The fourth-order valence-corrected chi connectivity index (χ4v) is 1.69. The molecular weight excluding hydrogens is 232 g/mol. The van der Waals surface area contributed by atoms with E-state index in [1.165, 1.54) is 0 Å². The lowest BCUT2D eigenvalue weighted by Gasteiger charge is -2.16. The van der Waals surface area contributed by atoms with Crippen molar-refractivity contribution in [2.24, 2.45) is 7.05 Å². The molecule has 0 aliphatic rings. The van der Waals surface area contributed by atoms with Crippen LogP contribution in [0.15, 0.2) is 12.3 Å². The lowest BCUT2D eigenvalue weighted by molar-refractivity contribution is -0.121. The summed E-state index contributed by atoms with van der Waals surface area (Å²) in [6.07, 6.45) is 2.26. The molecule has 1 atom stereocenters. The van der Waals surface area contributed by atoms with Gasteiger partial charge >= 0.3 is 0 Å². The van der Waals surface area contributed by atoms with Gasteiger partial charge in [-0.3, -0.25) is 9.48 Å². The van der Waals surface area contributed by atoms with Crippen molar-refractivity contribution in [3.8, 4) is 0 Å². The lowest BCUT2D eigenvalue weighted by atomic mass is 10.2. The van der Waals surface area contributed by atoms with Crippen LogP contribution in [0.5, 0.6) is 0 Å². The molecule has 0 spiro atoms. The smallest absolute Gasteiger partial charge is 0.220 e. The van der Waals surface area contributed by atoms with Gasteiger partial charge in [0.1, 0.15) is 0 Å². The summed E-state index contributed by atoms with van der Waals surface area (Å²) < 4.78 is 1.76. The van der Waals surface area contributed by atoms with E-state index in [4.69, 9.17) is 0 Å². The molecule has 0 bridgehead atoms. The average molecular weight is 254 g/mol. The normalized spacial score (nSPS) is 12.7. The SMILES string of the molecule is CN(C)C[C@H](O)CNC(=O)CCc1ccnn1C. The summed E-state index contributed by atoms with van der Waals surface area (Å²) in [5.74, 6) is -0.0472. The van der Waals surface area contributed by atoms with E-state index >= 15 is 0 Å². The first-order chi connectivity index (χ1) is 8.49. The third kappa shape index (κ3) is 5.29. The maximum absolute atomic E-state index is 11.6. The predicted octanol–water partition coefficient (Wildman–Crippen LogP) is -0.609. The molecule has 1 heterocycles. The van der Waals surface area contributed by atoms with Crippen LogP contribution in [0.25, 0.3) is 0 Å². The van der Waals surface area contributed by atoms with Gasteiger partial charge in [-0.05, 0) is 26.6 Å². The minimum Gasteiger partial charge on any atom is -0.390 e. The second-order valence-corrected chi connectivity index (χ2v) is 4.67. The number of aliphatic hydroxyl groups is 1. The van der Waals surface area contributed by atoms with Crippen LogP contribution in [0.4, 0.5) is 0 Å². The molecule has 6 nitrogen and oxygen atoms in total. The third-order valence-corrected chi connectivity index (χ3v) is 2.64. The summed E-state index contributed by atoms with van der Waals surface area (Å²) >= 11 is 0. The highest BCUT2D eigenvalue weighted by atomic mass is 16.3. The number of nitrogens with one attached hydrogen (secondary N) is 1. The molecule has 102 valence electrons. The lowest BCUT2D eigenvalue weighted by Crippen LogP contribution is -2.37. The number of nitrogens with zero attached hydrogens (tertiary/aromatic N) is 3. The monoisotopic (exact) mass is 254 g/mol. The molecule has 6 heteroatoms. The number of aliphatic hydroxyl groups excluding tert-OH is 1. The predicted molar refractivity (Wildman–Crippen MR) is 69.1 cm³/mol. The molecular formula is C12H22N4O2. The Balaban J connectivity index is 2.20. The van der Waals surface area contributed by atoms with E-state index in [2.05, 4.69) is 10.4 Å². The van der Waals surface area contributed by atoms with Gasteiger partial charge in [-0.1, -0.05) is 0 Å². The van der Waals surface area contributed by atoms with Gasteiger partial charge in [0.2, 0.25) is 5.91 Å². The maximum Gasteiger partial charge on any atom is 0.220 e. The van der Waals surface area contributed by atoms with Crippen molar-refractivity contribution >= 4 is 5.91 Å². The Hall–Kier alpha value is -1.40. The molecule has 0 saturated heterocycles. The van der Waals surface area contributed by atoms with Gasteiger partial charge in [-0.15, -0.1) is 0 Å². The molecule has 0 radical (unpaired) electrons. The largest absolute Gasteiger partial charge is 0.390 e. The molecule has 1 aromatic heterocycles. The molecule has 1 amide bonds. The van der Waals surface area contributed by atoms with Crippen LogP contribution in [-0.2, 0) is 18.3 Å². The van der Waals surface area contributed by atoms with Gasteiger partial charge in [-0.25, -0.2) is 0 Å². The molecule has 0 unspecified atom stereocenters. The molecule has 0 fully saturated rings. The van der Waals surface area contributed by atoms with Crippen molar-refractivity contribution in [3.63, 3.8) is 0 Å². The quantitative estimate of drug-likeness (QED) is 0.681. The van der Waals surface area contributed by atoms with Crippen LogP contribution in [0.2, 0.25) is 0 Å². The summed E-state index contributed by atoms with van der Waals surface area (Å²) in [5, 5.41) is 16.4. The number of aromatic nitrogens is 2. The van der Waals surface area contributed by atoms with E-state index in [1.807, 2.05) is 32.1 Å². The molecule has 0 saturated carbocycles. The molecule has 0 aliphatic heterocycles. The van der Waals surface area contributed by atoms with Crippen LogP contribution < -0.4 is 5.32 Å². The highest BCUT2D eigenvalue weighted by Gasteiger charge is 2.09. The van der Waals surface area contributed by atoms with Crippen molar-refractivity contribution in [3.05, 3.63) is 18.0 Å². The summed E-state index contributed by atoms with van der Waals surface area (Å²) in [4.78, 5) is 13.5. The topological polar surface area (TPSA) is 70.4 Å². The third-order valence-electron chi connectivity index (χ3n) is 2.64. The number of hydrogen-bond donors (Lipinski definition) is 2. The van der Waals surface area contributed by atoms with Crippen molar-refractivity contribution in [2.45, 2.75) is 18.9 Å². The zero-order chi connectivity index (χ0) is 13.5. The van der Waals surface area contributed by atoms with Crippen molar-refractivity contribution in [1.29, 1.82) is 0 Å². The highest BCUT2D eigenvalue weighted by molar-refractivity contribution is 5.76. The van der Waals surface area contributed by atoms with E-state index in [0.29, 0.717) is 25.9 Å². The second-order valence-electron chi connectivity index (χ2n) is 4.67. The Kier molecular flexibility index (Phi) is 5.80. The van der Waals surface area contributed by atoms with Crippen molar-refractivity contribution in [1.82, 2.24) is 20.0 Å². The average Bonchev–Trinajstić information content (AvgIpc) is 2.68. The number of hydrogen-bond acceptors (Lipinski definition) is 4. The minimum atomic E-state index is -0.527. The molecule has 1 rings (SSSR count). The number of rotatable bonds is 7. The first-order valence-corrected chi connectivity index (χ1v) is 6.05. The van der Waals surface area contributed by atoms with Crippen LogP contribution in [-0.4, -0.2) is 59.0 Å². The van der Waals surface area contributed by atoms with Crippen molar-refractivity contribution < 1.29 is 9.90 Å². The van der Waals surface area contributed by atoms with E-state index in [-0.39, 0.29) is 5.91 Å². The van der Waals surface area contributed by atoms with Gasteiger partial charge in [0, 0.05) is 38.4 Å². The molecule has 1 aromatic rings. The number of carbonyl (C=O) groups is 1. The summed E-state index contributed by atoms with van der Waals surface area (Å²) in [6, 6.07) is 1.90. The van der Waals surface area contributed by atoms with Gasteiger partial charge in [0.25, 0.3) is 0 Å². The Bertz CT molecular complexity index is 376. The summed E-state index contributed by atoms with van der Waals surface area (Å²) in [6.45, 7) is 0.838. The first kappa shape index (κ1) is 14.7. The number of likely N-dealkylation sites (N-methyl/N-ethyl adjacent to an activating group) is 1. The van der Waals surface area contributed by atoms with Crippen molar-refractivity contribution in [2.75, 3.05) is 27.2 Å². The molecule has 18 heavy (non-hydrogen) atoms. The summed E-state index contributed by atoms with van der Waals surface area (Å²) in [7, 11) is 5.62. The second kappa shape index (κ2) is 7.13. The van der Waals surface area contributed by atoms with Gasteiger partial charge in [-0.2, -0.15) is 5.10 Å². The number of amides is 1. The molecule has 0 aromatic carbocycles. The fraction of sp³-hybridized carbons (Fsp3) is 0.667. The van der Waals surface area contributed by atoms with Crippen LogP contribution >= 0.6 is 0 Å². The van der Waals surface area contributed by atoms with Crippen LogP contribution in [0.3, 0.4) is 0 Å². The minimum absolute atomic E-state index is 0.0472.